The van der Waals surface area contributed by atoms with Crippen LogP contribution in [0, 0.1) is 5.82 Å². The summed E-state index contributed by atoms with van der Waals surface area (Å²) in [6.07, 6.45) is 4.43. The summed E-state index contributed by atoms with van der Waals surface area (Å²) >= 11 is 0. The lowest BCUT2D eigenvalue weighted by Gasteiger charge is -2.07. The molecule has 0 aliphatic heterocycles. The minimum absolute atomic E-state index is 0.341. The summed E-state index contributed by atoms with van der Waals surface area (Å²) in [5.74, 6) is 0.456. The Morgan fingerprint density at radius 3 is 2.94 bits per heavy atom. The maximum Gasteiger partial charge on any atom is 0.142 e. The molecular weight excluding hydrogens is 219 g/mol. The van der Waals surface area contributed by atoms with Gasteiger partial charge >= 0.3 is 0 Å². The van der Waals surface area contributed by atoms with Gasteiger partial charge in [-0.1, -0.05) is 13.8 Å². The van der Waals surface area contributed by atoms with Gasteiger partial charge in [-0.15, -0.1) is 0 Å². The molecule has 2 heterocycles. The van der Waals surface area contributed by atoms with E-state index in [0.717, 1.165) is 16.9 Å². The Kier molecular flexibility index (Phi) is 3.54. The van der Waals surface area contributed by atoms with Gasteiger partial charge in [0.2, 0.25) is 0 Å². The fourth-order valence-electron chi connectivity index (χ4n) is 1.59. The molecule has 2 aromatic heterocycles. The second-order valence-corrected chi connectivity index (χ2v) is 4.18. The summed E-state index contributed by atoms with van der Waals surface area (Å²) in [7, 11) is 0. The molecule has 0 aromatic carbocycles. The number of halogens is 1. The van der Waals surface area contributed by atoms with Gasteiger partial charge in [0.15, 0.2) is 0 Å². The van der Waals surface area contributed by atoms with Gasteiger partial charge in [0.05, 0.1) is 19.0 Å². The maximum atomic E-state index is 13.1. The summed E-state index contributed by atoms with van der Waals surface area (Å²) in [5, 5.41) is 3.26. The van der Waals surface area contributed by atoms with Crippen LogP contribution >= 0.6 is 0 Å². The van der Waals surface area contributed by atoms with Crippen LogP contribution in [-0.4, -0.2) is 11.0 Å². The molecule has 17 heavy (non-hydrogen) atoms. The van der Waals surface area contributed by atoms with E-state index in [9.17, 15) is 4.39 Å². The van der Waals surface area contributed by atoms with Crippen LogP contribution in [0.15, 0.2) is 35.2 Å². The summed E-state index contributed by atoms with van der Waals surface area (Å²) in [5.41, 5.74) is 1.62. The highest BCUT2D eigenvalue weighted by Gasteiger charge is 2.09. The lowest BCUT2D eigenvalue weighted by molar-refractivity contribution is 0.466. The van der Waals surface area contributed by atoms with Crippen LogP contribution in [0.25, 0.3) is 11.1 Å². The van der Waals surface area contributed by atoms with Gasteiger partial charge in [0.1, 0.15) is 11.6 Å². The zero-order valence-corrected chi connectivity index (χ0v) is 9.90. The predicted octanol–water partition coefficient (Wildman–Crippen LogP) is 2.98. The minimum Gasteiger partial charge on any atom is -0.467 e. The molecule has 4 heteroatoms. The van der Waals surface area contributed by atoms with Gasteiger partial charge < -0.3 is 9.73 Å². The zero-order valence-electron chi connectivity index (χ0n) is 9.90. The molecule has 0 aliphatic rings. The number of pyridine rings is 1. The van der Waals surface area contributed by atoms with E-state index in [-0.39, 0.29) is 5.82 Å². The summed E-state index contributed by atoms with van der Waals surface area (Å²) in [6.45, 7) is 4.75. The molecule has 1 N–H and O–H groups in total. The standard InChI is InChI=1S/C13H15FN2O/c1-9(2)16-8-13-12(3-4-17-13)10-5-11(14)7-15-6-10/h3-7,9,16H,8H2,1-2H3. The molecule has 0 aliphatic carbocycles. The molecule has 2 aromatic rings. The first-order chi connectivity index (χ1) is 8.16. The molecule has 0 saturated heterocycles. The van der Waals surface area contributed by atoms with Crippen LogP contribution < -0.4 is 5.32 Å². The highest BCUT2D eigenvalue weighted by atomic mass is 19.1. The first kappa shape index (κ1) is 11.8. The fourth-order valence-corrected chi connectivity index (χ4v) is 1.59. The van der Waals surface area contributed by atoms with Crippen LogP contribution in [0.1, 0.15) is 19.6 Å². The summed E-state index contributed by atoms with van der Waals surface area (Å²) in [4.78, 5) is 3.84. The molecule has 0 atom stereocenters. The van der Waals surface area contributed by atoms with Crippen LogP contribution in [0.5, 0.6) is 0 Å². The van der Waals surface area contributed by atoms with Gasteiger partial charge in [0, 0.05) is 23.4 Å². The molecule has 0 radical (unpaired) electrons. The van der Waals surface area contributed by atoms with E-state index in [0.29, 0.717) is 12.6 Å². The average Bonchev–Trinajstić information content (AvgIpc) is 2.74. The van der Waals surface area contributed by atoms with E-state index in [1.165, 1.54) is 12.3 Å². The quantitative estimate of drug-likeness (QED) is 0.883. The average molecular weight is 234 g/mol. The van der Waals surface area contributed by atoms with Crippen molar-refractivity contribution in [3.8, 4) is 11.1 Å². The van der Waals surface area contributed by atoms with Crippen molar-refractivity contribution >= 4 is 0 Å². The van der Waals surface area contributed by atoms with E-state index in [4.69, 9.17) is 4.42 Å². The largest absolute Gasteiger partial charge is 0.467 e. The fraction of sp³-hybridized carbons (Fsp3) is 0.308. The summed E-state index contributed by atoms with van der Waals surface area (Å²) in [6, 6.07) is 3.66. The van der Waals surface area contributed by atoms with Gasteiger partial charge in [-0.05, 0) is 12.1 Å². The Bertz CT molecular complexity index is 494. The van der Waals surface area contributed by atoms with Crippen molar-refractivity contribution in [3.63, 3.8) is 0 Å². The van der Waals surface area contributed by atoms with Crippen molar-refractivity contribution in [1.82, 2.24) is 10.3 Å². The number of rotatable bonds is 4. The SMILES string of the molecule is CC(C)NCc1occc1-c1cncc(F)c1. The van der Waals surface area contributed by atoms with E-state index in [2.05, 4.69) is 24.1 Å². The van der Waals surface area contributed by atoms with Crippen molar-refractivity contribution in [3.05, 3.63) is 42.4 Å². The molecule has 0 fully saturated rings. The topological polar surface area (TPSA) is 38.1 Å². The Morgan fingerprint density at radius 2 is 2.24 bits per heavy atom. The Labute approximate surface area is 99.7 Å². The highest BCUT2D eigenvalue weighted by Crippen LogP contribution is 2.24. The molecule has 90 valence electrons. The number of aromatic nitrogens is 1. The van der Waals surface area contributed by atoms with E-state index >= 15 is 0 Å². The van der Waals surface area contributed by atoms with Gasteiger partial charge in [0.25, 0.3) is 0 Å². The van der Waals surface area contributed by atoms with Gasteiger partial charge in [-0.2, -0.15) is 0 Å². The van der Waals surface area contributed by atoms with Crippen LogP contribution in [0.2, 0.25) is 0 Å². The Balaban J connectivity index is 2.24. The molecular formula is C13H15FN2O. The predicted molar refractivity (Wildman–Crippen MR) is 63.9 cm³/mol. The van der Waals surface area contributed by atoms with E-state index in [1.54, 1.807) is 12.5 Å². The van der Waals surface area contributed by atoms with E-state index in [1.807, 2.05) is 6.07 Å². The monoisotopic (exact) mass is 234 g/mol. The number of nitrogens with zero attached hydrogens (tertiary/aromatic N) is 1. The molecule has 0 amide bonds. The summed E-state index contributed by atoms with van der Waals surface area (Å²) < 4.78 is 18.5. The first-order valence-corrected chi connectivity index (χ1v) is 5.57. The van der Waals surface area contributed by atoms with Crippen molar-refractivity contribution in [2.75, 3.05) is 0 Å². The number of nitrogens with one attached hydrogen (secondary N) is 1. The number of hydrogen-bond donors (Lipinski definition) is 1. The van der Waals surface area contributed by atoms with Crippen LogP contribution in [0.3, 0.4) is 0 Å². The van der Waals surface area contributed by atoms with Crippen molar-refractivity contribution in [1.29, 1.82) is 0 Å². The second kappa shape index (κ2) is 5.10. The number of hydrogen-bond acceptors (Lipinski definition) is 3. The molecule has 0 saturated carbocycles. The zero-order chi connectivity index (χ0) is 12.3. The lowest BCUT2D eigenvalue weighted by atomic mass is 10.1. The molecule has 3 nitrogen and oxygen atoms in total. The third kappa shape index (κ3) is 2.91. The molecule has 0 spiro atoms. The maximum absolute atomic E-state index is 13.1. The molecule has 2 rings (SSSR count). The normalized spacial score (nSPS) is 11.1. The molecule has 0 bridgehead atoms. The Morgan fingerprint density at radius 1 is 1.41 bits per heavy atom. The van der Waals surface area contributed by atoms with Crippen molar-refractivity contribution in [2.24, 2.45) is 0 Å². The molecule has 0 unspecified atom stereocenters. The number of furan rings is 1. The highest BCUT2D eigenvalue weighted by molar-refractivity contribution is 5.64. The van der Waals surface area contributed by atoms with E-state index < -0.39 is 0 Å². The third-order valence-corrected chi connectivity index (χ3v) is 2.43. The van der Waals surface area contributed by atoms with Crippen LogP contribution in [0.4, 0.5) is 4.39 Å². The van der Waals surface area contributed by atoms with Crippen LogP contribution in [-0.2, 0) is 6.54 Å². The smallest absolute Gasteiger partial charge is 0.142 e. The Hall–Kier alpha value is -1.68. The van der Waals surface area contributed by atoms with Gasteiger partial charge in [-0.3, -0.25) is 4.98 Å². The first-order valence-electron chi connectivity index (χ1n) is 5.57. The minimum atomic E-state index is -0.341. The van der Waals surface area contributed by atoms with Crippen molar-refractivity contribution in [2.45, 2.75) is 26.4 Å². The van der Waals surface area contributed by atoms with Crippen molar-refractivity contribution < 1.29 is 8.81 Å². The second-order valence-electron chi connectivity index (χ2n) is 4.18. The lowest BCUT2D eigenvalue weighted by Crippen LogP contribution is -2.21. The van der Waals surface area contributed by atoms with Gasteiger partial charge in [-0.25, -0.2) is 4.39 Å². The third-order valence-electron chi connectivity index (χ3n) is 2.43.